The topological polar surface area (TPSA) is 29.3 Å². The SMILES string of the molecule is Cc1cccc(CN)c1N(C)CC(F)F. The molecule has 1 rings (SSSR count). The van der Waals surface area contributed by atoms with Gasteiger partial charge in [-0.2, -0.15) is 0 Å². The summed E-state index contributed by atoms with van der Waals surface area (Å²) in [6.07, 6.45) is -2.33. The third-order valence-electron chi connectivity index (χ3n) is 2.33. The second-order valence-electron chi connectivity index (χ2n) is 3.56. The van der Waals surface area contributed by atoms with Gasteiger partial charge in [0, 0.05) is 19.3 Å². The highest BCUT2D eigenvalue weighted by molar-refractivity contribution is 5.58. The van der Waals surface area contributed by atoms with Crippen LogP contribution in [-0.4, -0.2) is 20.0 Å². The van der Waals surface area contributed by atoms with Crippen LogP contribution in [0, 0.1) is 6.92 Å². The zero-order valence-corrected chi connectivity index (χ0v) is 9.00. The van der Waals surface area contributed by atoms with Crippen LogP contribution in [0.25, 0.3) is 0 Å². The van der Waals surface area contributed by atoms with Crippen LogP contribution in [0.3, 0.4) is 0 Å². The number of para-hydroxylation sites is 1. The van der Waals surface area contributed by atoms with Crippen molar-refractivity contribution < 1.29 is 8.78 Å². The van der Waals surface area contributed by atoms with Crippen molar-refractivity contribution in [3.05, 3.63) is 29.3 Å². The smallest absolute Gasteiger partial charge is 0.255 e. The summed E-state index contributed by atoms with van der Waals surface area (Å²) in [5, 5.41) is 0. The quantitative estimate of drug-likeness (QED) is 0.832. The van der Waals surface area contributed by atoms with Crippen molar-refractivity contribution in [3.63, 3.8) is 0 Å². The van der Waals surface area contributed by atoms with E-state index in [9.17, 15) is 8.78 Å². The monoisotopic (exact) mass is 214 g/mol. The molecule has 1 aromatic carbocycles. The van der Waals surface area contributed by atoms with Crippen molar-refractivity contribution in [2.45, 2.75) is 19.9 Å². The van der Waals surface area contributed by atoms with Crippen LogP contribution in [0.5, 0.6) is 0 Å². The van der Waals surface area contributed by atoms with Crippen molar-refractivity contribution >= 4 is 5.69 Å². The molecule has 0 saturated heterocycles. The number of hydrogen-bond donors (Lipinski definition) is 1. The standard InChI is InChI=1S/C11H16F2N2/c1-8-4-3-5-9(6-14)11(8)15(2)7-10(12)13/h3-5,10H,6-7,14H2,1-2H3. The molecule has 4 heteroatoms. The molecule has 84 valence electrons. The predicted octanol–water partition coefficient (Wildman–Crippen LogP) is 2.16. The summed E-state index contributed by atoms with van der Waals surface area (Å²) in [5.74, 6) is 0. The fourth-order valence-electron chi connectivity index (χ4n) is 1.73. The van der Waals surface area contributed by atoms with E-state index in [2.05, 4.69) is 0 Å². The predicted molar refractivity (Wildman–Crippen MR) is 58.3 cm³/mol. The molecule has 2 N–H and O–H groups in total. The molecule has 0 aliphatic carbocycles. The van der Waals surface area contributed by atoms with Crippen molar-refractivity contribution in [2.24, 2.45) is 5.73 Å². The number of rotatable bonds is 4. The van der Waals surface area contributed by atoms with Gasteiger partial charge < -0.3 is 10.6 Å². The van der Waals surface area contributed by atoms with Crippen LogP contribution in [-0.2, 0) is 6.54 Å². The zero-order valence-electron chi connectivity index (χ0n) is 9.00. The molecule has 0 heterocycles. The van der Waals surface area contributed by atoms with Crippen LogP contribution in [0.2, 0.25) is 0 Å². The molecule has 2 nitrogen and oxygen atoms in total. The lowest BCUT2D eigenvalue weighted by molar-refractivity contribution is 0.156. The van der Waals surface area contributed by atoms with Gasteiger partial charge in [-0.05, 0) is 18.1 Å². The van der Waals surface area contributed by atoms with E-state index in [1.165, 1.54) is 0 Å². The first-order chi connectivity index (χ1) is 7.06. The second-order valence-corrected chi connectivity index (χ2v) is 3.56. The summed E-state index contributed by atoms with van der Waals surface area (Å²) >= 11 is 0. The minimum absolute atomic E-state index is 0.266. The molecule has 0 aromatic heterocycles. The Balaban J connectivity index is 3.00. The second kappa shape index (κ2) is 5.07. The van der Waals surface area contributed by atoms with Gasteiger partial charge in [0.2, 0.25) is 0 Å². The number of hydrogen-bond acceptors (Lipinski definition) is 2. The molecule has 0 saturated carbocycles. The molecular weight excluding hydrogens is 198 g/mol. The first kappa shape index (κ1) is 11.9. The van der Waals surface area contributed by atoms with E-state index in [0.717, 1.165) is 16.8 Å². The molecule has 1 aromatic rings. The van der Waals surface area contributed by atoms with Gasteiger partial charge in [-0.15, -0.1) is 0 Å². The zero-order chi connectivity index (χ0) is 11.4. The summed E-state index contributed by atoms with van der Waals surface area (Å²) in [7, 11) is 1.66. The number of halogens is 2. The molecule has 0 atom stereocenters. The van der Waals surface area contributed by atoms with Gasteiger partial charge in [0.1, 0.15) is 0 Å². The number of anilines is 1. The normalized spacial score (nSPS) is 10.8. The van der Waals surface area contributed by atoms with Crippen LogP contribution in [0.15, 0.2) is 18.2 Å². The van der Waals surface area contributed by atoms with Gasteiger partial charge in [-0.1, -0.05) is 18.2 Å². The Morgan fingerprint density at radius 1 is 1.40 bits per heavy atom. The van der Waals surface area contributed by atoms with Crippen molar-refractivity contribution in [3.8, 4) is 0 Å². The van der Waals surface area contributed by atoms with E-state index in [0.29, 0.717) is 6.54 Å². The van der Waals surface area contributed by atoms with Crippen LogP contribution in [0.4, 0.5) is 14.5 Å². The maximum atomic E-state index is 12.3. The van der Waals surface area contributed by atoms with E-state index < -0.39 is 6.43 Å². The minimum Gasteiger partial charge on any atom is -0.368 e. The van der Waals surface area contributed by atoms with Crippen LogP contribution >= 0.6 is 0 Å². The van der Waals surface area contributed by atoms with E-state index in [1.54, 1.807) is 11.9 Å². The molecule has 0 spiro atoms. The van der Waals surface area contributed by atoms with E-state index in [4.69, 9.17) is 5.73 Å². The van der Waals surface area contributed by atoms with E-state index >= 15 is 0 Å². The maximum absolute atomic E-state index is 12.3. The molecule has 15 heavy (non-hydrogen) atoms. The van der Waals surface area contributed by atoms with Crippen molar-refractivity contribution in [1.82, 2.24) is 0 Å². The van der Waals surface area contributed by atoms with Crippen LogP contribution < -0.4 is 10.6 Å². The Morgan fingerprint density at radius 2 is 2.07 bits per heavy atom. The Hall–Kier alpha value is -1.16. The highest BCUT2D eigenvalue weighted by Gasteiger charge is 2.13. The number of alkyl halides is 2. The molecular formula is C11H16F2N2. The van der Waals surface area contributed by atoms with Crippen molar-refractivity contribution in [1.29, 1.82) is 0 Å². The lowest BCUT2D eigenvalue weighted by atomic mass is 10.1. The van der Waals surface area contributed by atoms with E-state index in [-0.39, 0.29) is 6.54 Å². The number of nitrogens with zero attached hydrogens (tertiary/aromatic N) is 1. The van der Waals surface area contributed by atoms with Gasteiger partial charge in [0.25, 0.3) is 6.43 Å². The average Bonchev–Trinajstić information content (AvgIpc) is 2.15. The summed E-state index contributed by atoms with van der Waals surface area (Å²) in [6, 6.07) is 5.65. The number of aryl methyl sites for hydroxylation is 1. The maximum Gasteiger partial charge on any atom is 0.255 e. The summed E-state index contributed by atoms with van der Waals surface area (Å²) < 4.78 is 24.5. The highest BCUT2D eigenvalue weighted by Crippen LogP contribution is 2.24. The molecule has 0 fully saturated rings. The van der Waals surface area contributed by atoms with Crippen molar-refractivity contribution in [2.75, 3.05) is 18.5 Å². The fraction of sp³-hybridized carbons (Fsp3) is 0.455. The van der Waals surface area contributed by atoms with Gasteiger partial charge in [0.05, 0.1) is 6.54 Å². The molecule has 0 unspecified atom stereocenters. The summed E-state index contributed by atoms with van der Waals surface area (Å²) in [6.45, 7) is 2.00. The molecule has 0 aliphatic rings. The average molecular weight is 214 g/mol. The first-order valence-electron chi connectivity index (χ1n) is 4.84. The number of benzene rings is 1. The minimum atomic E-state index is -2.33. The van der Waals surface area contributed by atoms with Gasteiger partial charge in [-0.3, -0.25) is 0 Å². The highest BCUT2D eigenvalue weighted by atomic mass is 19.3. The lowest BCUT2D eigenvalue weighted by Crippen LogP contribution is -2.26. The van der Waals surface area contributed by atoms with Gasteiger partial charge in [-0.25, -0.2) is 8.78 Å². The Morgan fingerprint density at radius 3 is 2.60 bits per heavy atom. The van der Waals surface area contributed by atoms with Gasteiger partial charge in [0.15, 0.2) is 0 Å². The summed E-state index contributed by atoms with van der Waals surface area (Å²) in [5.41, 5.74) is 8.27. The first-order valence-corrected chi connectivity index (χ1v) is 4.84. The summed E-state index contributed by atoms with van der Waals surface area (Å²) in [4.78, 5) is 1.56. The Labute approximate surface area is 88.7 Å². The van der Waals surface area contributed by atoms with E-state index in [1.807, 2.05) is 25.1 Å². The molecule has 0 bridgehead atoms. The van der Waals surface area contributed by atoms with Gasteiger partial charge >= 0.3 is 0 Å². The fourth-order valence-corrected chi connectivity index (χ4v) is 1.73. The lowest BCUT2D eigenvalue weighted by Gasteiger charge is -2.23. The Bertz CT molecular complexity index is 326. The molecule has 0 radical (unpaired) electrons. The largest absolute Gasteiger partial charge is 0.368 e. The molecule has 0 amide bonds. The Kier molecular flexibility index (Phi) is 4.03. The third kappa shape index (κ3) is 2.89. The molecule has 0 aliphatic heterocycles. The third-order valence-corrected chi connectivity index (χ3v) is 2.33. The van der Waals surface area contributed by atoms with Crippen LogP contribution in [0.1, 0.15) is 11.1 Å². The number of nitrogens with two attached hydrogens (primary N) is 1.